The number of ether oxygens (including phenoxy) is 3. The summed E-state index contributed by atoms with van der Waals surface area (Å²) in [4.78, 5) is 29.1. The summed E-state index contributed by atoms with van der Waals surface area (Å²) in [6, 6.07) is 8.75. The lowest BCUT2D eigenvalue weighted by molar-refractivity contribution is -0.296. The fraction of sp³-hybridized carbons (Fsp3) is 0.567. The maximum atomic E-state index is 14.9. The summed E-state index contributed by atoms with van der Waals surface area (Å²) >= 11 is 0. The van der Waals surface area contributed by atoms with Crippen LogP contribution in [0.3, 0.4) is 0 Å². The number of nitrogens with one attached hydrogen (secondary N) is 1. The van der Waals surface area contributed by atoms with Crippen molar-refractivity contribution < 1.29 is 36.8 Å². The molecule has 3 aromatic rings. The first-order valence-electron chi connectivity index (χ1n) is 14.9. The molecule has 1 saturated heterocycles. The minimum atomic E-state index is -3.62. The number of carbonyl (C=O) groups excluding carboxylic acids is 1. The fourth-order valence-corrected chi connectivity index (χ4v) is 6.79. The average Bonchev–Trinajstić information content (AvgIpc) is 3.57. The van der Waals surface area contributed by atoms with Gasteiger partial charge >= 0.3 is 6.11 Å². The van der Waals surface area contributed by atoms with E-state index in [9.17, 15) is 13.6 Å². The normalized spacial score (nSPS) is 20.9. The molecule has 1 aliphatic heterocycles. The van der Waals surface area contributed by atoms with Gasteiger partial charge in [0.1, 0.15) is 25.6 Å². The van der Waals surface area contributed by atoms with Gasteiger partial charge < -0.3 is 33.4 Å². The third kappa shape index (κ3) is 8.57. The van der Waals surface area contributed by atoms with Gasteiger partial charge in [0.15, 0.2) is 23.2 Å². The molecule has 3 heterocycles. The van der Waals surface area contributed by atoms with Crippen LogP contribution < -0.4 is 5.32 Å². The Kier molecular flexibility index (Phi) is 12.4. The lowest BCUT2D eigenvalue weighted by Crippen LogP contribution is -2.38. The number of nitrogens with zero attached hydrogens (tertiary/aromatic N) is 6. The van der Waals surface area contributed by atoms with E-state index >= 15 is 0 Å². The van der Waals surface area contributed by atoms with E-state index in [1.807, 2.05) is 27.7 Å². The number of amides is 1. The second kappa shape index (κ2) is 16.1. The number of aromatic nitrogens is 4. The number of methoxy groups -OCH3 is 1. The lowest BCUT2D eigenvalue weighted by atomic mass is 10.0. The Morgan fingerprint density at radius 1 is 1.17 bits per heavy atom. The van der Waals surface area contributed by atoms with E-state index in [4.69, 9.17) is 29.8 Å². The largest absolute Gasteiger partial charge is 0.379 e. The van der Waals surface area contributed by atoms with Crippen LogP contribution in [0, 0.1) is 12.5 Å². The lowest BCUT2D eigenvalue weighted by Gasteiger charge is -2.36. The van der Waals surface area contributed by atoms with Crippen LogP contribution in [0.2, 0.25) is 0 Å². The van der Waals surface area contributed by atoms with Gasteiger partial charge in [-0.3, -0.25) is 9.36 Å². The molecule has 1 fully saturated rings. The second-order valence-electron chi connectivity index (χ2n) is 11.3. The van der Waals surface area contributed by atoms with E-state index < -0.39 is 51.5 Å². The monoisotopic (exact) mass is 663 g/mol. The average molecular weight is 664 g/mol. The Hall–Kier alpha value is -3.22. The first kappa shape index (κ1) is 35.6. The standard InChI is InChI=1S/C30H40F2N7O6P/c1-19(2)39(20(3)4)46(42-14-13-33-6)43-15-23-21(5)25(45-30(31,32)16-41-7)29(44-23)38-18-36-24-26(34-17-35-27(24)38)37-28(40)22-11-9-8-10-12-22/h8-12,17-21,23,25,29H,13-16H2,1-5,7H3,(H,34,35,37,40)/t21-,23-,25-,29-,46?/m1/s1. The molecule has 5 atom stereocenters. The molecule has 2 aromatic heterocycles. The molecule has 1 aliphatic rings. The van der Waals surface area contributed by atoms with Crippen molar-refractivity contribution in [2.45, 2.75) is 71.2 Å². The highest BCUT2D eigenvalue weighted by Gasteiger charge is 2.49. The van der Waals surface area contributed by atoms with E-state index in [1.54, 1.807) is 37.3 Å². The highest BCUT2D eigenvalue weighted by Crippen LogP contribution is 2.48. The predicted molar refractivity (Wildman–Crippen MR) is 167 cm³/mol. The number of carbonyl (C=O) groups is 1. The van der Waals surface area contributed by atoms with Gasteiger partial charge in [-0.2, -0.15) is 8.78 Å². The molecule has 1 unspecified atom stereocenters. The van der Waals surface area contributed by atoms with Crippen molar-refractivity contribution >= 4 is 31.4 Å². The molecule has 13 nitrogen and oxygen atoms in total. The number of alkyl halides is 2. The van der Waals surface area contributed by atoms with E-state index in [-0.39, 0.29) is 48.8 Å². The predicted octanol–water partition coefficient (Wildman–Crippen LogP) is 5.53. The zero-order valence-electron chi connectivity index (χ0n) is 26.7. The number of hydrogen-bond donors (Lipinski definition) is 1. The molecule has 16 heteroatoms. The Balaban J connectivity index is 1.62. The summed E-state index contributed by atoms with van der Waals surface area (Å²) in [7, 11) is -0.432. The molecule has 1 N–H and O–H groups in total. The molecular weight excluding hydrogens is 623 g/mol. The summed E-state index contributed by atoms with van der Waals surface area (Å²) < 4.78 is 62.0. The maximum absolute atomic E-state index is 14.9. The quantitative estimate of drug-likeness (QED) is 0.119. The molecule has 250 valence electrons. The summed E-state index contributed by atoms with van der Waals surface area (Å²) in [6.45, 7) is 16.3. The van der Waals surface area contributed by atoms with Gasteiger partial charge in [-0.05, 0) is 39.8 Å². The number of fused-ring (bicyclic) bond motifs is 1. The highest BCUT2D eigenvalue weighted by molar-refractivity contribution is 7.44. The molecule has 0 radical (unpaired) electrons. The van der Waals surface area contributed by atoms with Crippen LogP contribution in [0.4, 0.5) is 14.6 Å². The molecule has 0 bridgehead atoms. The van der Waals surface area contributed by atoms with Crippen LogP contribution in [0.15, 0.2) is 43.0 Å². The van der Waals surface area contributed by atoms with Crippen molar-refractivity contribution in [3.8, 4) is 0 Å². The van der Waals surface area contributed by atoms with Gasteiger partial charge in [0, 0.05) is 30.7 Å². The molecule has 0 saturated carbocycles. The van der Waals surface area contributed by atoms with Gasteiger partial charge in [-0.15, -0.1) is 0 Å². The Morgan fingerprint density at radius 2 is 1.89 bits per heavy atom. The van der Waals surface area contributed by atoms with Crippen molar-refractivity contribution in [3.05, 3.63) is 60.0 Å². The van der Waals surface area contributed by atoms with Crippen molar-refractivity contribution in [2.24, 2.45) is 5.92 Å². The van der Waals surface area contributed by atoms with E-state index in [0.29, 0.717) is 5.56 Å². The van der Waals surface area contributed by atoms with E-state index in [0.717, 1.165) is 7.11 Å². The van der Waals surface area contributed by atoms with Crippen LogP contribution >= 0.6 is 8.53 Å². The first-order chi connectivity index (χ1) is 22.0. The SMILES string of the molecule is [C-]#[N+]CCOP(OC[C@H]1O[C@@H](n2cnc3c(NC(=O)c4ccccc4)ncnc32)[C@H](OC(F)(F)COC)[C@@H]1C)N(C(C)C)C(C)C. The number of imidazole rings is 1. The van der Waals surface area contributed by atoms with Gasteiger partial charge in [0.05, 0.1) is 19.0 Å². The molecule has 1 amide bonds. The van der Waals surface area contributed by atoms with Crippen LogP contribution in [-0.4, -0.2) is 94.0 Å². The Morgan fingerprint density at radius 3 is 2.54 bits per heavy atom. The minimum Gasteiger partial charge on any atom is -0.376 e. The molecule has 0 spiro atoms. The number of benzene rings is 1. The summed E-state index contributed by atoms with van der Waals surface area (Å²) in [5.74, 6) is -0.836. The van der Waals surface area contributed by atoms with E-state index in [1.165, 1.54) is 17.2 Å². The number of halogens is 2. The minimum absolute atomic E-state index is 0.00698. The Bertz CT molecular complexity index is 1470. The molecule has 1 aromatic carbocycles. The van der Waals surface area contributed by atoms with Crippen molar-refractivity contribution in [2.75, 3.05) is 38.8 Å². The smallest absolute Gasteiger partial charge is 0.376 e. The summed E-state index contributed by atoms with van der Waals surface area (Å²) in [6.07, 6.45) is -3.94. The molecular formula is C30H40F2N7O6P. The zero-order chi connectivity index (χ0) is 33.4. The molecule has 46 heavy (non-hydrogen) atoms. The second-order valence-corrected chi connectivity index (χ2v) is 12.7. The third-order valence-corrected chi connectivity index (χ3v) is 9.30. The van der Waals surface area contributed by atoms with Crippen LogP contribution in [0.1, 0.15) is 51.2 Å². The van der Waals surface area contributed by atoms with Gasteiger partial charge in [0.2, 0.25) is 6.54 Å². The summed E-state index contributed by atoms with van der Waals surface area (Å²) in [5, 5.41) is 2.74. The van der Waals surface area contributed by atoms with Gasteiger partial charge in [0.25, 0.3) is 14.4 Å². The number of anilines is 1. The highest BCUT2D eigenvalue weighted by atomic mass is 31.2. The van der Waals surface area contributed by atoms with Crippen LogP contribution in [-0.2, 0) is 23.3 Å². The first-order valence-corrected chi connectivity index (χ1v) is 16.0. The van der Waals surface area contributed by atoms with Crippen molar-refractivity contribution in [3.63, 3.8) is 0 Å². The van der Waals surface area contributed by atoms with Gasteiger partial charge in [-0.1, -0.05) is 25.1 Å². The maximum Gasteiger partial charge on any atom is 0.379 e. The Labute approximate surface area is 268 Å². The van der Waals surface area contributed by atoms with Crippen LogP contribution in [0.5, 0.6) is 0 Å². The van der Waals surface area contributed by atoms with Crippen molar-refractivity contribution in [1.29, 1.82) is 0 Å². The summed E-state index contributed by atoms with van der Waals surface area (Å²) in [5.41, 5.74) is 0.910. The molecule has 4 rings (SSSR count). The van der Waals surface area contributed by atoms with Crippen LogP contribution in [0.25, 0.3) is 16.0 Å². The molecule has 0 aliphatic carbocycles. The van der Waals surface area contributed by atoms with Crippen molar-refractivity contribution in [1.82, 2.24) is 24.2 Å². The third-order valence-electron chi connectivity index (χ3n) is 7.22. The number of rotatable bonds is 16. The van der Waals surface area contributed by atoms with Gasteiger partial charge in [-0.25, -0.2) is 26.2 Å². The zero-order valence-corrected chi connectivity index (χ0v) is 27.6. The topological polar surface area (TPSA) is 126 Å². The fourth-order valence-electron chi connectivity index (χ4n) is 5.18. The number of hydrogen-bond acceptors (Lipinski definition) is 10. The van der Waals surface area contributed by atoms with E-state index in [2.05, 4.69) is 29.8 Å².